The number of aliphatic imine (C=N–C) groups is 1. The molecular weight excluding hydrogens is 338 g/mol. The van der Waals surface area contributed by atoms with Gasteiger partial charge in [0.05, 0.1) is 0 Å². The van der Waals surface area contributed by atoms with Gasteiger partial charge < -0.3 is 20.9 Å². The Hall–Kier alpha value is -3.02. The molecule has 0 saturated carbocycles. The van der Waals surface area contributed by atoms with E-state index < -0.39 is 0 Å². The largest absolute Gasteiger partial charge is 0.352 e. The Morgan fingerprint density at radius 3 is 2.30 bits per heavy atom. The van der Waals surface area contributed by atoms with Crippen LogP contribution in [-0.4, -0.2) is 37.0 Å². The lowest BCUT2D eigenvalue weighted by Gasteiger charge is -2.22. The maximum Gasteiger partial charge on any atom is 0.319 e. The highest BCUT2D eigenvalue weighted by atomic mass is 16.2. The summed E-state index contributed by atoms with van der Waals surface area (Å²) in [5, 5.41) is 8.99. The SMILES string of the molecule is CN=C(NCc1ccc(NC(=O)NC(C)C)cc1)N(C)Cc1ccccc1. The Morgan fingerprint density at radius 2 is 1.70 bits per heavy atom. The van der Waals surface area contributed by atoms with E-state index in [0.29, 0.717) is 6.54 Å². The summed E-state index contributed by atoms with van der Waals surface area (Å²) in [6.07, 6.45) is 0. The van der Waals surface area contributed by atoms with Crippen molar-refractivity contribution in [3.8, 4) is 0 Å². The third-order valence-electron chi connectivity index (χ3n) is 3.92. The minimum absolute atomic E-state index is 0.105. The molecule has 0 atom stereocenters. The van der Waals surface area contributed by atoms with Gasteiger partial charge in [-0.2, -0.15) is 0 Å². The van der Waals surface area contributed by atoms with Crippen molar-refractivity contribution in [2.75, 3.05) is 19.4 Å². The van der Waals surface area contributed by atoms with Crippen LogP contribution in [0.15, 0.2) is 59.6 Å². The number of benzene rings is 2. The molecule has 2 aromatic carbocycles. The summed E-state index contributed by atoms with van der Waals surface area (Å²) in [6.45, 7) is 5.30. The fourth-order valence-corrected chi connectivity index (χ4v) is 2.63. The van der Waals surface area contributed by atoms with Crippen LogP contribution in [-0.2, 0) is 13.1 Å². The number of hydrogen-bond acceptors (Lipinski definition) is 2. The first kappa shape index (κ1) is 20.3. The van der Waals surface area contributed by atoms with E-state index in [1.54, 1.807) is 7.05 Å². The van der Waals surface area contributed by atoms with E-state index in [4.69, 9.17) is 0 Å². The third kappa shape index (κ3) is 7.01. The second-order valence-corrected chi connectivity index (χ2v) is 6.69. The number of urea groups is 1. The second kappa shape index (κ2) is 10.2. The normalized spacial score (nSPS) is 11.2. The van der Waals surface area contributed by atoms with Crippen LogP contribution in [0, 0.1) is 0 Å². The molecule has 0 aromatic heterocycles. The lowest BCUT2D eigenvalue weighted by Crippen LogP contribution is -2.38. The molecule has 0 aliphatic heterocycles. The van der Waals surface area contributed by atoms with E-state index in [0.717, 1.165) is 23.8 Å². The summed E-state index contributed by atoms with van der Waals surface area (Å²) in [6, 6.07) is 18.0. The zero-order chi connectivity index (χ0) is 19.6. The van der Waals surface area contributed by atoms with Crippen molar-refractivity contribution in [2.24, 2.45) is 4.99 Å². The molecule has 2 rings (SSSR count). The van der Waals surface area contributed by atoms with Gasteiger partial charge in [0.2, 0.25) is 0 Å². The van der Waals surface area contributed by atoms with Crippen LogP contribution in [0.2, 0.25) is 0 Å². The van der Waals surface area contributed by atoms with Gasteiger partial charge in [-0.25, -0.2) is 4.79 Å². The lowest BCUT2D eigenvalue weighted by atomic mass is 10.2. The van der Waals surface area contributed by atoms with Crippen molar-refractivity contribution in [3.63, 3.8) is 0 Å². The van der Waals surface area contributed by atoms with Gasteiger partial charge in [0, 0.05) is 38.9 Å². The topological polar surface area (TPSA) is 68.8 Å². The van der Waals surface area contributed by atoms with Gasteiger partial charge in [-0.1, -0.05) is 42.5 Å². The van der Waals surface area contributed by atoms with Gasteiger partial charge >= 0.3 is 6.03 Å². The average molecular weight is 367 g/mol. The highest BCUT2D eigenvalue weighted by Crippen LogP contribution is 2.10. The molecule has 0 spiro atoms. The number of nitrogens with one attached hydrogen (secondary N) is 3. The van der Waals surface area contributed by atoms with Crippen LogP contribution in [0.5, 0.6) is 0 Å². The van der Waals surface area contributed by atoms with Gasteiger partial charge in [0.25, 0.3) is 0 Å². The Balaban J connectivity index is 1.86. The van der Waals surface area contributed by atoms with Crippen LogP contribution in [0.1, 0.15) is 25.0 Å². The summed E-state index contributed by atoms with van der Waals surface area (Å²) in [4.78, 5) is 18.2. The maximum atomic E-state index is 11.7. The first-order valence-corrected chi connectivity index (χ1v) is 9.10. The molecule has 144 valence electrons. The van der Waals surface area contributed by atoms with Gasteiger partial charge in [-0.05, 0) is 37.1 Å². The molecule has 0 radical (unpaired) electrons. The molecule has 0 aliphatic rings. The fourth-order valence-electron chi connectivity index (χ4n) is 2.63. The van der Waals surface area contributed by atoms with Gasteiger partial charge in [0.1, 0.15) is 0 Å². The summed E-state index contributed by atoms with van der Waals surface area (Å²) >= 11 is 0. The van der Waals surface area contributed by atoms with Crippen molar-refractivity contribution in [3.05, 3.63) is 65.7 Å². The predicted molar refractivity (Wildman–Crippen MR) is 112 cm³/mol. The standard InChI is InChI=1S/C21H29N5O/c1-16(2)24-21(27)25-19-12-10-17(11-13-19)14-23-20(22-3)26(4)15-18-8-6-5-7-9-18/h5-13,16H,14-15H2,1-4H3,(H,22,23)(H2,24,25,27). The first-order chi connectivity index (χ1) is 13.0. The quantitative estimate of drug-likeness (QED) is 0.541. The smallest absolute Gasteiger partial charge is 0.319 e. The van der Waals surface area contributed by atoms with E-state index in [2.05, 4.69) is 38.0 Å². The van der Waals surface area contributed by atoms with Crippen molar-refractivity contribution < 1.29 is 4.79 Å². The maximum absolute atomic E-state index is 11.7. The van der Waals surface area contributed by atoms with Crippen LogP contribution in [0.4, 0.5) is 10.5 Å². The van der Waals surface area contributed by atoms with Gasteiger partial charge in [0.15, 0.2) is 5.96 Å². The number of guanidine groups is 1. The highest BCUT2D eigenvalue weighted by molar-refractivity contribution is 5.89. The molecule has 27 heavy (non-hydrogen) atoms. The number of rotatable bonds is 6. The fraction of sp³-hybridized carbons (Fsp3) is 0.333. The number of nitrogens with zero attached hydrogens (tertiary/aromatic N) is 2. The zero-order valence-corrected chi connectivity index (χ0v) is 16.5. The first-order valence-electron chi connectivity index (χ1n) is 9.10. The number of carbonyl (C=O) groups is 1. The average Bonchev–Trinajstić information content (AvgIpc) is 2.63. The third-order valence-corrected chi connectivity index (χ3v) is 3.92. The second-order valence-electron chi connectivity index (χ2n) is 6.69. The van der Waals surface area contributed by atoms with Crippen LogP contribution < -0.4 is 16.0 Å². The lowest BCUT2D eigenvalue weighted by molar-refractivity contribution is 0.250. The van der Waals surface area contributed by atoms with Crippen LogP contribution in [0.25, 0.3) is 0 Å². The molecule has 2 aromatic rings. The van der Waals surface area contributed by atoms with Crippen molar-refractivity contribution in [1.82, 2.24) is 15.5 Å². The Morgan fingerprint density at radius 1 is 1.04 bits per heavy atom. The summed E-state index contributed by atoms with van der Waals surface area (Å²) in [5.74, 6) is 0.831. The molecule has 0 heterocycles. The van der Waals surface area contributed by atoms with Gasteiger partial charge in [-0.3, -0.25) is 4.99 Å². The van der Waals surface area contributed by atoms with Crippen LogP contribution >= 0.6 is 0 Å². The van der Waals surface area contributed by atoms with E-state index in [1.165, 1.54) is 5.56 Å². The molecule has 3 N–H and O–H groups in total. The molecule has 6 nitrogen and oxygen atoms in total. The number of amides is 2. The van der Waals surface area contributed by atoms with Crippen LogP contribution in [0.3, 0.4) is 0 Å². The monoisotopic (exact) mass is 367 g/mol. The van der Waals surface area contributed by atoms with Crippen molar-refractivity contribution >= 4 is 17.7 Å². The molecule has 6 heteroatoms. The molecule has 0 bridgehead atoms. The predicted octanol–water partition coefficient (Wildman–Crippen LogP) is 3.42. The Kier molecular flexibility index (Phi) is 7.67. The highest BCUT2D eigenvalue weighted by Gasteiger charge is 2.07. The molecule has 0 fully saturated rings. The van der Waals surface area contributed by atoms with E-state index in [-0.39, 0.29) is 12.1 Å². The molecule has 2 amide bonds. The van der Waals surface area contributed by atoms with Crippen molar-refractivity contribution in [1.29, 1.82) is 0 Å². The number of hydrogen-bond donors (Lipinski definition) is 3. The van der Waals surface area contributed by atoms with Gasteiger partial charge in [-0.15, -0.1) is 0 Å². The summed E-state index contributed by atoms with van der Waals surface area (Å²) in [5.41, 5.74) is 3.11. The zero-order valence-electron chi connectivity index (χ0n) is 16.5. The Bertz CT molecular complexity index is 741. The molecule has 0 saturated heterocycles. The minimum Gasteiger partial charge on any atom is -0.352 e. The number of carbonyl (C=O) groups excluding carboxylic acids is 1. The van der Waals surface area contributed by atoms with E-state index in [9.17, 15) is 4.79 Å². The molecular formula is C21H29N5O. The minimum atomic E-state index is -0.196. The summed E-state index contributed by atoms with van der Waals surface area (Å²) < 4.78 is 0. The Labute approximate surface area is 161 Å². The molecule has 0 unspecified atom stereocenters. The van der Waals surface area contributed by atoms with E-state index in [1.807, 2.05) is 63.4 Å². The van der Waals surface area contributed by atoms with Crippen molar-refractivity contribution in [2.45, 2.75) is 33.0 Å². The number of anilines is 1. The molecule has 0 aliphatic carbocycles. The summed E-state index contributed by atoms with van der Waals surface area (Å²) in [7, 11) is 3.80. The van der Waals surface area contributed by atoms with E-state index >= 15 is 0 Å².